The van der Waals surface area contributed by atoms with Gasteiger partial charge in [-0.05, 0) is 57.5 Å². The average molecular weight is 327 g/mol. The van der Waals surface area contributed by atoms with Gasteiger partial charge in [-0.2, -0.15) is 5.10 Å². The first-order valence-electron chi connectivity index (χ1n) is 8.63. The Hall–Kier alpha value is -2.21. The molecule has 0 unspecified atom stereocenters. The lowest BCUT2D eigenvalue weighted by Gasteiger charge is -2.26. The van der Waals surface area contributed by atoms with Gasteiger partial charge in [0.2, 0.25) is 0 Å². The summed E-state index contributed by atoms with van der Waals surface area (Å²) in [4.78, 5) is 19.1. The Morgan fingerprint density at radius 2 is 1.96 bits per heavy atom. The highest BCUT2D eigenvalue weighted by Crippen LogP contribution is 2.14. The van der Waals surface area contributed by atoms with E-state index in [4.69, 9.17) is 0 Å². The molecular formula is C18H25N5O. The van der Waals surface area contributed by atoms with Crippen molar-refractivity contribution in [2.45, 2.75) is 45.7 Å². The lowest BCUT2D eigenvalue weighted by molar-refractivity contribution is 0.0938. The standard InChI is InChI=1S/C18H25N5O/c1-13(17-20-14(2)21-22-17)19-18(24)16-8-6-15(7-9-16)12-23-10-4-3-5-11-23/h6-9,13H,3-5,10-12H2,1-2H3,(H,19,24)(H,20,21,22)/t13-/m1/s1. The maximum absolute atomic E-state index is 12.3. The molecule has 0 radical (unpaired) electrons. The van der Waals surface area contributed by atoms with E-state index in [2.05, 4.69) is 25.4 Å². The van der Waals surface area contributed by atoms with Crippen LogP contribution in [0.3, 0.4) is 0 Å². The molecule has 1 atom stereocenters. The molecule has 1 fully saturated rings. The summed E-state index contributed by atoms with van der Waals surface area (Å²) in [6.07, 6.45) is 3.93. The number of hydrogen-bond donors (Lipinski definition) is 2. The number of aromatic nitrogens is 3. The van der Waals surface area contributed by atoms with Gasteiger partial charge in [0.1, 0.15) is 5.82 Å². The number of carbonyl (C=O) groups is 1. The van der Waals surface area contributed by atoms with Crippen LogP contribution in [0.5, 0.6) is 0 Å². The third-order valence-electron chi connectivity index (χ3n) is 4.42. The molecule has 0 saturated carbocycles. The first-order valence-corrected chi connectivity index (χ1v) is 8.63. The number of benzene rings is 1. The molecule has 128 valence electrons. The molecule has 2 N–H and O–H groups in total. The third-order valence-corrected chi connectivity index (χ3v) is 4.42. The Bertz CT molecular complexity index is 673. The van der Waals surface area contributed by atoms with Crippen molar-refractivity contribution >= 4 is 5.91 Å². The first-order chi connectivity index (χ1) is 11.6. The van der Waals surface area contributed by atoms with Crippen LogP contribution in [0.15, 0.2) is 24.3 Å². The lowest BCUT2D eigenvalue weighted by atomic mass is 10.1. The summed E-state index contributed by atoms with van der Waals surface area (Å²) in [5.41, 5.74) is 1.92. The van der Waals surface area contributed by atoms with E-state index in [1.54, 1.807) is 0 Å². The minimum Gasteiger partial charge on any atom is -0.342 e. The minimum absolute atomic E-state index is 0.102. The van der Waals surface area contributed by atoms with E-state index in [1.165, 1.54) is 37.9 Å². The topological polar surface area (TPSA) is 73.9 Å². The number of carbonyl (C=O) groups excluding carboxylic acids is 1. The summed E-state index contributed by atoms with van der Waals surface area (Å²) >= 11 is 0. The number of likely N-dealkylation sites (tertiary alicyclic amines) is 1. The lowest BCUT2D eigenvalue weighted by Crippen LogP contribution is -2.29. The maximum atomic E-state index is 12.3. The van der Waals surface area contributed by atoms with Crippen LogP contribution < -0.4 is 5.32 Å². The van der Waals surface area contributed by atoms with Gasteiger partial charge in [0.25, 0.3) is 5.91 Å². The van der Waals surface area contributed by atoms with Crippen molar-refractivity contribution in [3.8, 4) is 0 Å². The van der Waals surface area contributed by atoms with Crippen LogP contribution in [0, 0.1) is 6.92 Å². The molecule has 0 spiro atoms. The molecule has 2 heterocycles. The van der Waals surface area contributed by atoms with Gasteiger partial charge in [0.15, 0.2) is 5.82 Å². The van der Waals surface area contributed by atoms with Crippen molar-refractivity contribution in [3.05, 3.63) is 47.0 Å². The molecule has 0 bridgehead atoms. The highest BCUT2D eigenvalue weighted by molar-refractivity contribution is 5.94. The third kappa shape index (κ3) is 4.20. The van der Waals surface area contributed by atoms with Gasteiger partial charge >= 0.3 is 0 Å². The van der Waals surface area contributed by atoms with Crippen LogP contribution in [0.2, 0.25) is 0 Å². The number of aromatic amines is 1. The molecule has 1 aliphatic heterocycles. The quantitative estimate of drug-likeness (QED) is 0.885. The second kappa shape index (κ2) is 7.57. The van der Waals surface area contributed by atoms with E-state index in [0.29, 0.717) is 11.4 Å². The molecule has 6 nitrogen and oxygen atoms in total. The van der Waals surface area contributed by atoms with Crippen LogP contribution in [-0.4, -0.2) is 39.1 Å². The van der Waals surface area contributed by atoms with Gasteiger partial charge < -0.3 is 5.32 Å². The molecule has 6 heteroatoms. The molecule has 1 aliphatic rings. The summed E-state index contributed by atoms with van der Waals surface area (Å²) in [5, 5.41) is 9.81. The molecule has 24 heavy (non-hydrogen) atoms. The van der Waals surface area contributed by atoms with Crippen molar-refractivity contribution in [1.82, 2.24) is 25.4 Å². The predicted octanol–water partition coefficient (Wildman–Crippen LogP) is 2.59. The van der Waals surface area contributed by atoms with Gasteiger partial charge in [0, 0.05) is 12.1 Å². The van der Waals surface area contributed by atoms with Crippen molar-refractivity contribution in [3.63, 3.8) is 0 Å². The van der Waals surface area contributed by atoms with E-state index in [-0.39, 0.29) is 11.9 Å². The van der Waals surface area contributed by atoms with Gasteiger partial charge in [-0.1, -0.05) is 18.6 Å². The average Bonchev–Trinajstić information content (AvgIpc) is 3.03. The molecule has 1 aromatic heterocycles. The smallest absolute Gasteiger partial charge is 0.251 e. The normalized spacial score (nSPS) is 16.8. The Morgan fingerprint density at radius 3 is 2.58 bits per heavy atom. The number of aryl methyl sites for hydroxylation is 1. The number of nitrogens with zero attached hydrogens (tertiary/aromatic N) is 3. The Kier molecular flexibility index (Phi) is 5.25. The Morgan fingerprint density at radius 1 is 1.25 bits per heavy atom. The monoisotopic (exact) mass is 327 g/mol. The van der Waals surface area contributed by atoms with Crippen molar-refractivity contribution < 1.29 is 4.79 Å². The number of nitrogens with one attached hydrogen (secondary N) is 2. The second-order valence-electron chi connectivity index (χ2n) is 6.51. The molecular weight excluding hydrogens is 302 g/mol. The fourth-order valence-corrected chi connectivity index (χ4v) is 3.04. The summed E-state index contributed by atoms with van der Waals surface area (Å²) in [6, 6.07) is 7.65. The number of piperidine rings is 1. The van der Waals surface area contributed by atoms with Gasteiger partial charge in [-0.15, -0.1) is 0 Å². The summed E-state index contributed by atoms with van der Waals surface area (Å²) < 4.78 is 0. The molecule has 1 aromatic carbocycles. The van der Waals surface area contributed by atoms with Gasteiger partial charge in [0.05, 0.1) is 6.04 Å². The second-order valence-corrected chi connectivity index (χ2v) is 6.51. The molecule has 2 aromatic rings. The van der Waals surface area contributed by atoms with Crippen LogP contribution in [-0.2, 0) is 6.54 Å². The first kappa shape index (κ1) is 16.6. The van der Waals surface area contributed by atoms with E-state index in [9.17, 15) is 4.79 Å². The van der Waals surface area contributed by atoms with Crippen LogP contribution in [0.4, 0.5) is 0 Å². The molecule has 1 saturated heterocycles. The maximum Gasteiger partial charge on any atom is 0.251 e. The van der Waals surface area contributed by atoms with E-state index < -0.39 is 0 Å². The van der Waals surface area contributed by atoms with Gasteiger partial charge in [-0.3, -0.25) is 14.8 Å². The van der Waals surface area contributed by atoms with E-state index in [1.807, 2.05) is 38.1 Å². The van der Waals surface area contributed by atoms with Crippen LogP contribution >= 0.6 is 0 Å². The highest BCUT2D eigenvalue weighted by Gasteiger charge is 2.15. The summed E-state index contributed by atoms with van der Waals surface area (Å²) in [6.45, 7) is 7.04. The molecule has 3 rings (SSSR count). The predicted molar refractivity (Wildman–Crippen MR) is 92.6 cm³/mol. The SMILES string of the molecule is Cc1nc([C@@H](C)NC(=O)c2ccc(CN3CCCCC3)cc2)n[nH]1. The van der Waals surface area contributed by atoms with Gasteiger partial charge in [-0.25, -0.2) is 4.98 Å². The summed E-state index contributed by atoms with van der Waals surface area (Å²) in [7, 11) is 0. The van der Waals surface area contributed by atoms with Crippen molar-refractivity contribution in [2.75, 3.05) is 13.1 Å². The number of hydrogen-bond acceptors (Lipinski definition) is 4. The molecule has 1 amide bonds. The fourth-order valence-electron chi connectivity index (χ4n) is 3.04. The number of amides is 1. The highest BCUT2D eigenvalue weighted by atomic mass is 16.1. The Labute approximate surface area is 142 Å². The summed E-state index contributed by atoms with van der Waals surface area (Å²) in [5.74, 6) is 1.24. The number of rotatable bonds is 5. The van der Waals surface area contributed by atoms with E-state index in [0.717, 1.165) is 12.4 Å². The zero-order chi connectivity index (χ0) is 16.9. The van der Waals surface area contributed by atoms with Crippen LogP contribution in [0.1, 0.15) is 59.8 Å². The zero-order valence-electron chi connectivity index (χ0n) is 14.4. The fraction of sp³-hybridized carbons (Fsp3) is 0.500. The minimum atomic E-state index is -0.226. The van der Waals surface area contributed by atoms with Crippen molar-refractivity contribution in [1.29, 1.82) is 0 Å². The van der Waals surface area contributed by atoms with E-state index >= 15 is 0 Å². The zero-order valence-corrected chi connectivity index (χ0v) is 14.4. The largest absolute Gasteiger partial charge is 0.342 e. The Balaban J connectivity index is 1.57. The molecule has 0 aliphatic carbocycles. The van der Waals surface area contributed by atoms with Crippen molar-refractivity contribution in [2.24, 2.45) is 0 Å². The number of H-pyrrole nitrogens is 1. The van der Waals surface area contributed by atoms with Crippen LogP contribution in [0.25, 0.3) is 0 Å².